The Labute approximate surface area is 127 Å². The van der Waals surface area contributed by atoms with Gasteiger partial charge in [0, 0.05) is 24.3 Å². The molecule has 114 valence electrons. The molecule has 2 aliphatic rings. The summed E-state index contributed by atoms with van der Waals surface area (Å²) in [6.07, 6.45) is 9.69. The monoisotopic (exact) mass is 286 g/mol. The van der Waals surface area contributed by atoms with E-state index in [0.717, 1.165) is 31.6 Å². The lowest BCUT2D eigenvalue weighted by Gasteiger charge is -2.30. The van der Waals surface area contributed by atoms with Crippen LogP contribution in [-0.4, -0.2) is 25.3 Å². The van der Waals surface area contributed by atoms with Gasteiger partial charge in [-0.1, -0.05) is 12.1 Å². The highest BCUT2D eigenvalue weighted by molar-refractivity contribution is 5.76. The van der Waals surface area contributed by atoms with Gasteiger partial charge in [0.1, 0.15) is 0 Å². The molecule has 0 saturated carbocycles. The molecule has 0 bridgehead atoms. The summed E-state index contributed by atoms with van der Waals surface area (Å²) in [7, 11) is 1.76. The van der Waals surface area contributed by atoms with E-state index in [2.05, 4.69) is 29.3 Å². The maximum atomic E-state index is 6.22. The summed E-state index contributed by atoms with van der Waals surface area (Å²) in [6, 6.07) is 6.66. The molecule has 3 rings (SSSR count). The zero-order valence-electron chi connectivity index (χ0n) is 13.0. The molecule has 0 aromatic heterocycles. The minimum absolute atomic E-state index is 0.639. The molecule has 3 nitrogen and oxygen atoms in total. The largest absolute Gasteiger partial charge is 0.398 e. The van der Waals surface area contributed by atoms with Gasteiger partial charge < -0.3 is 10.6 Å². The van der Waals surface area contributed by atoms with Gasteiger partial charge in [-0.3, -0.25) is 0 Å². The molecule has 1 heterocycles. The smallest absolute Gasteiger partial charge is 0.0575 e. The Kier molecular flexibility index (Phi) is 4.61. The van der Waals surface area contributed by atoms with Crippen molar-refractivity contribution in [3.05, 3.63) is 35.4 Å². The van der Waals surface area contributed by atoms with Gasteiger partial charge in [-0.05, 0) is 67.7 Å². The highest BCUT2D eigenvalue weighted by Gasteiger charge is 2.21. The third kappa shape index (κ3) is 3.30. The third-order valence-corrected chi connectivity index (χ3v) is 4.90. The summed E-state index contributed by atoms with van der Waals surface area (Å²) >= 11 is 0. The van der Waals surface area contributed by atoms with Gasteiger partial charge >= 0.3 is 0 Å². The van der Waals surface area contributed by atoms with E-state index in [4.69, 9.17) is 10.6 Å². The predicted molar refractivity (Wildman–Crippen MR) is 87.9 cm³/mol. The van der Waals surface area contributed by atoms with Crippen LogP contribution < -0.4 is 5.73 Å². The van der Waals surface area contributed by atoms with Crippen LogP contribution in [0.1, 0.15) is 55.6 Å². The van der Waals surface area contributed by atoms with Crippen LogP contribution in [0.15, 0.2) is 24.3 Å². The van der Waals surface area contributed by atoms with E-state index in [1.54, 1.807) is 7.11 Å². The lowest BCUT2D eigenvalue weighted by atomic mass is 9.86. The molecule has 3 heteroatoms. The Balaban J connectivity index is 1.79. The van der Waals surface area contributed by atoms with Crippen LogP contribution in [0.2, 0.25) is 0 Å². The molecule has 0 atom stereocenters. The zero-order valence-corrected chi connectivity index (χ0v) is 13.0. The fourth-order valence-corrected chi connectivity index (χ4v) is 3.56. The minimum Gasteiger partial charge on any atom is -0.398 e. The number of hydrogen-bond donors (Lipinski definition) is 1. The van der Waals surface area contributed by atoms with Gasteiger partial charge in [0.05, 0.1) is 7.11 Å². The van der Waals surface area contributed by atoms with E-state index < -0.39 is 0 Å². The SMILES string of the molecule is CON1CCC(c2ccc(N)c(C3=CCCCC3)c2)CC1. The number of anilines is 1. The van der Waals surface area contributed by atoms with Crippen LogP contribution in [0.5, 0.6) is 0 Å². The van der Waals surface area contributed by atoms with E-state index in [1.165, 1.54) is 42.4 Å². The highest BCUT2D eigenvalue weighted by atomic mass is 16.7. The maximum absolute atomic E-state index is 6.22. The number of benzene rings is 1. The number of allylic oxidation sites excluding steroid dienone is 2. The van der Waals surface area contributed by atoms with Gasteiger partial charge in [-0.25, -0.2) is 0 Å². The van der Waals surface area contributed by atoms with E-state index in [0.29, 0.717) is 5.92 Å². The number of nitrogens with two attached hydrogens (primary N) is 1. The summed E-state index contributed by atoms with van der Waals surface area (Å²) in [5.41, 5.74) is 11.3. The quantitative estimate of drug-likeness (QED) is 0.855. The molecule has 1 aliphatic heterocycles. The number of hydroxylamine groups is 2. The van der Waals surface area contributed by atoms with Crippen molar-refractivity contribution in [2.75, 3.05) is 25.9 Å². The molecule has 0 spiro atoms. The average molecular weight is 286 g/mol. The van der Waals surface area contributed by atoms with E-state index in [1.807, 2.05) is 0 Å². The van der Waals surface area contributed by atoms with Gasteiger partial charge in [0.15, 0.2) is 0 Å². The van der Waals surface area contributed by atoms with Crippen molar-refractivity contribution in [2.24, 2.45) is 0 Å². The van der Waals surface area contributed by atoms with Gasteiger partial charge in [0.25, 0.3) is 0 Å². The third-order valence-electron chi connectivity index (χ3n) is 4.90. The van der Waals surface area contributed by atoms with Crippen LogP contribution in [0, 0.1) is 0 Å². The molecule has 0 radical (unpaired) electrons. The van der Waals surface area contributed by atoms with Crippen molar-refractivity contribution in [3.8, 4) is 0 Å². The number of hydrogen-bond acceptors (Lipinski definition) is 3. The first-order chi connectivity index (χ1) is 10.3. The van der Waals surface area contributed by atoms with Gasteiger partial charge in [-0.15, -0.1) is 0 Å². The van der Waals surface area contributed by atoms with Crippen molar-refractivity contribution >= 4 is 11.3 Å². The van der Waals surface area contributed by atoms with Crippen LogP contribution in [-0.2, 0) is 4.84 Å². The topological polar surface area (TPSA) is 38.5 Å². The van der Waals surface area contributed by atoms with E-state index in [9.17, 15) is 0 Å². The Morgan fingerprint density at radius 1 is 1.19 bits per heavy atom. The number of nitrogen functional groups attached to an aromatic ring is 1. The molecular formula is C18H26N2O. The van der Waals surface area contributed by atoms with E-state index >= 15 is 0 Å². The van der Waals surface area contributed by atoms with Crippen molar-refractivity contribution in [2.45, 2.75) is 44.4 Å². The van der Waals surface area contributed by atoms with Crippen molar-refractivity contribution in [1.82, 2.24) is 5.06 Å². The molecule has 1 aromatic rings. The fourth-order valence-electron chi connectivity index (χ4n) is 3.56. The molecule has 0 unspecified atom stereocenters. The lowest BCUT2D eigenvalue weighted by Crippen LogP contribution is -2.31. The molecule has 1 aromatic carbocycles. The summed E-state index contributed by atoms with van der Waals surface area (Å²) in [5, 5.41) is 2.05. The second-order valence-electron chi connectivity index (χ2n) is 6.21. The summed E-state index contributed by atoms with van der Waals surface area (Å²) in [5.74, 6) is 0.639. The first-order valence-corrected chi connectivity index (χ1v) is 8.16. The van der Waals surface area contributed by atoms with Crippen LogP contribution in [0.4, 0.5) is 5.69 Å². The Hall–Kier alpha value is -1.32. The molecule has 0 amide bonds. The number of piperidine rings is 1. The Bertz CT molecular complexity index is 516. The number of rotatable bonds is 3. The molecule has 2 N–H and O–H groups in total. The number of nitrogens with zero attached hydrogens (tertiary/aromatic N) is 1. The highest BCUT2D eigenvalue weighted by Crippen LogP contribution is 2.35. The lowest BCUT2D eigenvalue weighted by molar-refractivity contribution is -0.143. The summed E-state index contributed by atoms with van der Waals surface area (Å²) in [6.45, 7) is 2.03. The second kappa shape index (κ2) is 6.63. The van der Waals surface area contributed by atoms with Crippen LogP contribution in [0.25, 0.3) is 5.57 Å². The van der Waals surface area contributed by atoms with Gasteiger partial charge in [-0.2, -0.15) is 5.06 Å². The van der Waals surface area contributed by atoms with Crippen molar-refractivity contribution in [3.63, 3.8) is 0 Å². The molecule has 1 fully saturated rings. The maximum Gasteiger partial charge on any atom is 0.0575 e. The van der Waals surface area contributed by atoms with Crippen molar-refractivity contribution < 1.29 is 4.84 Å². The van der Waals surface area contributed by atoms with Crippen LogP contribution >= 0.6 is 0 Å². The average Bonchev–Trinajstić information content (AvgIpc) is 2.56. The van der Waals surface area contributed by atoms with Gasteiger partial charge in [0.2, 0.25) is 0 Å². The molecule has 21 heavy (non-hydrogen) atoms. The minimum atomic E-state index is 0.639. The molecular weight excluding hydrogens is 260 g/mol. The second-order valence-corrected chi connectivity index (χ2v) is 6.21. The predicted octanol–water partition coefficient (Wildman–Crippen LogP) is 3.97. The summed E-state index contributed by atoms with van der Waals surface area (Å²) < 4.78 is 0. The standard InChI is InChI=1S/C18H26N2O/c1-21-20-11-9-14(10-12-20)16-7-8-18(19)17(13-16)15-5-3-2-4-6-15/h5,7-8,13-14H,2-4,6,9-12,19H2,1H3. The van der Waals surface area contributed by atoms with Crippen LogP contribution in [0.3, 0.4) is 0 Å². The molecule has 1 saturated heterocycles. The zero-order chi connectivity index (χ0) is 14.7. The molecule has 1 aliphatic carbocycles. The van der Waals surface area contributed by atoms with Crippen molar-refractivity contribution in [1.29, 1.82) is 0 Å². The van der Waals surface area contributed by atoms with E-state index in [-0.39, 0.29) is 0 Å². The first-order valence-electron chi connectivity index (χ1n) is 8.16. The fraction of sp³-hybridized carbons (Fsp3) is 0.556. The Morgan fingerprint density at radius 3 is 2.67 bits per heavy atom. The first kappa shape index (κ1) is 14.6. The Morgan fingerprint density at radius 2 is 2.00 bits per heavy atom. The normalized spacial score (nSPS) is 21.3. The summed E-state index contributed by atoms with van der Waals surface area (Å²) in [4.78, 5) is 5.32.